The second kappa shape index (κ2) is 9.35. The van der Waals surface area contributed by atoms with Crippen LogP contribution >= 0.6 is 11.3 Å². The Bertz CT molecular complexity index is 1660. The summed E-state index contributed by atoms with van der Waals surface area (Å²) in [5.74, 6) is 3.26. The number of nitrogens with zero attached hydrogens (tertiary/aromatic N) is 8. The van der Waals surface area contributed by atoms with Gasteiger partial charge in [0.2, 0.25) is 5.95 Å². The molecule has 0 aromatic carbocycles. The summed E-state index contributed by atoms with van der Waals surface area (Å²) in [4.78, 5) is 30.3. The van der Waals surface area contributed by atoms with Gasteiger partial charge in [0, 0.05) is 74.0 Å². The van der Waals surface area contributed by atoms with Gasteiger partial charge in [0.15, 0.2) is 9.84 Å². The van der Waals surface area contributed by atoms with E-state index < -0.39 is 9.84 Å². The predicted octanol–water partition coefficient (Wildman–Crippen LogP) is 2.72. The lowest BCUT2D eigenvalue weighted by atomic mass is 10.2. The number of likely N-dealkylation sites (tertiary alicyclic amines) is 1. The van der Waals surface area contributed by atoms with Crippen LogP contribution in [0.2, 0.25) is 0 Å². The summed E-state index contributed by atoms with van der Waals surface area (Å²) in [5.41, 5.74) is 2.71. The number of piperazine rings is 1. The zero-order valence-electron chi connectivity index (χ0n) is 21.8. The number of rotatable bonds is 5. The van der Waals surface area contributed by atoms with Crippen LogP contribution in [0.25, 0.3) is 20.8 Å². The molecule has 0 amide bonds. The summed E-state index contributed by atoms with van der Waals surface area (Å²) < 4.78 is 24.6. The zero-order chi connectivity index (χ0) is 26.7. The molecule has 2 bridgehead atoms. The Labute approximate surface area is 230 Å². The van der Waals surface area contributed by atoms with Crippen LogP contribution in [0, 0.1) is 6.92 Å². The third-order valence-corrected chi connectivity index (χ3v) is 10.5. The monoisotopic (exact) mass is 563 g/mol. The fraction of sp³-hybridized carbons (Fsp3) is 0.423. The molecule has 11 nitrogen and oxygen atoms in total. The van der Waals surface area contributed by atoms with Gasteiger partial charge in [-0.2, -0.15) is 4.98 Å². The smallest absolute Gasteiger partial charge is 0.227 e. The van der Waals surface area contributed by atoms with E-state index in [2.05, 4.69) is 32.1 Å². The van der Waals surface area contributed by atoms with Crippen molar-refractivity contribution in [2.75, 3.05) is 59.8 Å². The van der Waals surface area contributed by atoms with Crippen LogP contribution in [-0.2, 0) is 9.84 Å². The van der Waals surface area contributed by atoms with E-state index in [-0.39, 0.29) is 11.5 Å². The molecule has 1 N–H and O–H groups in total. The molecule has 4 aromatic rings. The third-order valence-electron chi connectivity index (χ3n) is 7.81. The molecule has 0 spiro atoms. The number of pyridine rings is 2. The highest BCUT2D eigenvalue weighted by Crippen LogP contribution is 2.34. The molecule has 2 atom stereocenters. The Kier molecular flexibility index (Phi) is 5.90. The van der Waals surface area contributed by atoms with Crippen LogP contribution in [0.4, 0.5) is 23.4 Å². The molecule has 0 saturated carbocycles. The van der Waals surface area contributed by atoms with Gasteiger partial charge in [-0.15, -0.1) is 11.3 Å². The van der Waals surface area contributed by atoms with Crippen molar-refractivity contribution in [3.05, 3.63) is 42.4 Å². The summed E-state index contributed by atoms with van der Waals surface area (Å²) >= 11 is 1.57. The molecule has 3 aliphatic heterocycles. The number of aromatic nitrogens is 5. The Morgan fingerprint density at radius 3 is 2.62 bits per heavy atom. The number of sulfone groups is 1. The summed E-state index contributed by atoms with van der Waals surface area (Å²) in [6, 6.07) is 8.84. The van der Waals surface area contributed by atoms with Gasteiger partial charge in [0.25, 0.3) is 0 Å². The van der Waals surface area contributed by atoms with Gasteiger partial charge in [-0.25, -0.2) is 28.4 Å². The highest BCUT2D eigenvalue weighted by molar-refractivity contribution is 7.91. The molecule has 3 fully saturated rings. The van der Waals surface area contributed by atoms with Crippen LogP contribution in [0.5, 0.6) is 0 Å². The molecule has 4 aromatic heterocycles. The minimum absolute atomic E-state index is 0.158. The van der Waals surface area contributed by atoms with E-state index in [1.54, 1.807) is 17.5 Å². The van der Waals surface area contributed by atoms with Crippen LogP contribution in [0.15, 0.2) is 36.7 Å². The number of thiazole rings is 1. The molecule has 3 saturated heterocycles. The molecule has 39 heavy (non-hydrogen) atoms. The first kappa shape index (κ1) is 24.6. The SMILES string of the molecule is Cc1cc(Nc2cc3nc(-c4ccnc(N5CCS(=O)(=O)CC5)c4)sc3cn2)nc(N2C[C@@H]3C[C@H]2CN3C)n1. The van der Waals surface area contributed by atoms with Crippen molar-refractivity contribution >= 4 is 54.8 Å². The van der Waals surface area contributed by atoms with Crippen LogP contribution < -0.4 is 15.1 Å². The maximum atomic E-state index is 11.8. The van der Waals surface area contributed by atoms with Gasteiger partial charge in [0.05, 0.1) is 21.7 Å². The van der Waals surface area contributed by atoms with Crippen molar-refractivity contribution in [2.24, 2.45) is 0 Å². The van der Waals surface area contributed by atoms with E-state index in [9.17, 15) is 8.42 Å². The van der Waals surface area contributed by atoms with Gasteiger partial charge in [-0.05, 0) is 32.5 Å². The molecular formula is C26H29N9O2S2. The summed E-state index contributed by atoms with van der Waals surface area (Å²) in [7, 11) is -0.759. The molecular weight excluding hydrogens is 534 g/mol. The molecule has 13 heteroatoms. The van der Waals surface area contributed by atoms with Crippen LogP contribution in [0.1, 0.15) is 12.1 Å². The maximum absolute atomic E-state index is 11.8. The molecule has 0 radical (unpaired) electrons. The Morgan fingerprint density at radius 2 is 1.85 bits per heavy atom. The van der Waals surface area contributed by atoms with Crippen molar-refractivity contribution in [1.29, 1.82) is 0 Å². The first-order valence-corrected chi connectivity index (χ1v) is 15.7. The Balaban J connectivity index is 1.11. The van der Waals surface area contributed by atoms with Crippen molar-refractivity contribution in [3.63, 3.8) is 0 Å². The van der Waals surface area contributed by atoms with E-state index in [0.29, 0.717) is 31.0 Å². The van der Waals surface area contributed by atoms with E-state index in [0.717, 1.165) is 57.2 Å². The minimum atomic E-state index is -2.95. The number of aryl methyl sites for hydroxylation is 1. The largest absolute Gasteiger partial charge is 0.355 e. The first-order chi connectivity index (χ1) is 18.8. The highest BCUT2D eigenvalue weighted by atomic mass is 32.2. The van der Waals surface area contributed by atoms with Crippen LogP contribution in [-0.4, -0.2) is 95.1 Å². The predicted molar refractivity (Wildman–Crippen MR) is 154 cm³/mol. The second-order valence-corrected chi connectivity index (χ2v) is 13.9. The fourth-order valence-electron chi connectivity index (χ4n) is 5.68. The Morgan fingerprint density at radius 1 is 1.00 bits per heavy atom. The highest BCUT2D eigenvalue weighted by Gasteiger charge is 2.42. The summed E-state index contributed by atoms with van der Waals surface area (Å²) in [6.07, 6.45) is 4.75. The second-order valence-electron chi connectivity index (χ2n) is 10.6. The number of anilines is 4. The fourth-order valence-corrected chi connectivity index (χ4v) is 7.79. The average molecular weight is 564 g/mol. The maximum Gasteiger partial charge on any atom is 0.227 e. The molecule has 3 aliphatic rings. The lowest BCUT2D eigenvalue weighted by Crippen LogP contribution is -2.45. The van der Waals surface area contributed by atoms with Crippen molar-refractivity contribution in [1.82, 2.24) is 29.8 Å². The van der Waals surface area contributed by atoms with Gasteiger partial charge < -0.3 is 15.1 Å². The topological polar surface area (TPSA) is 120 Å². The van der Waals surface area contributed by atoms with E-state index in [1.807, 2.05) is 42.3 Å². The first-order valence-electron chi connectivity index (χ1n) is 13.1. The number of nitrogens with one attached hydrogen (secondary N) is 1. The van der Waals surface area contributed by atoms with Gasteiger partial charge in [-0.1, -0.05) is 0 Å². The third kappa shape index (κ3) is 4.79. The molecule has 0 unspecified atom stereocenters. The van der Waals surface area contributed by atoms with Gasteiger partial charge in [-0.3, -0.25) is 4.90 Å². The van der Waals surface area contributed by atoms with Gasteiger partial charge >= 0.3 is 0 Å². The van der Waals surface area contributed by atoms with Crippen molar-refractivity contribution in [2.45, 2.75) is 25.4 Å². The normalized spacial score (nSPS) is 22.6. The standard InChI is InChI=1S/C26H29N9O2S2/c1-16-9-23(32-26(29-16)35-15-18-11-19(35)14-33(18)2)31-22-12-20-21(13-28-22)38-25(30-20)17-3-4-27-24(10-17)34-5-7-39(36,37)8-6-34/h3-4,9-10,12-13,18-19H,5-8,11,14-15H2,1-2H3,(H,28,29,31,32)/t18-,19-/m0/s1. The molecule has 7 heterocycles. The van der Waals surface area contributed by atoms with Crippen molar-refractivity contribution in [3.8, 4) is 10.6 Å². The van der Waals surface area contributed by atoms with Crippen molar-refractivity contribution < 1.29 is 8.42 Å². The molecule has 0 aliphatic carbocycles. The average Bonchev–Trinajstić information content (AvgIpc) is 3.62. The van der Waals surface area contributed by atoms with Gasteiger partial charge in [0.1, 0.15) is 22.5 Å². The lowest BCUT2D eigenvalue weighted by molar-refractivity contribution is 0.291. The number of fused-ring (bicyclic) bond motifs is 3. The molecule has 7 rings (SSSR count). The molecule has 202 valence electrons. The Hall–Kier alpha value is -3.42. The minimum Gasteiger partial charge on any atom is -0.355 e. The summed E-state index contributed by atoms with van der Waals surface area (Å²) in [6.45, 7) is 4.92. The van der Waals surface area contributed by atoms with E-state index in [4.69, 9.17) is 15.0 Å². The quantitative estimate of drug-likeness (QED) is 0.386. The zero-order valence-corrected chi connectivity index (χ0v) is 23.4. The lowest BCUT2D eigenvalue weighted by Gasteiger charge is -2.32. The summed E-state index contributed by atoms with van der Waals surface area (Å²) in [5, 5.41) is 4.23. The number of likely N-dealkylation sites (N-methyl/N-ethyl adjacent to an activating group) is 1. The number of hydrogen-bond acceptors (Lipinski definition) is 12. The number of hydrogen-bond donors (Lipinski definition) is 1. The van der Waals surface area contributed by atoms with E-state index in [1.165, 1.54) is 6.42 Å². The van der Waals surface area contributed by atoms with E-state index >= 15 is 0 Å². The van der Waals surface area contributed by atoms with Crippen LogP contribution in [0.3, 0.4) is 0 Å².